The highest BCUT2D eigenvalue weighted by Gasteiger charge is 2.34. The summed E-state index contributed by atoms with van der Waals surface area (Å²) in [5.41, 5.74) is 1.71. The van der Waals surface area contributed by atoms with E-state index in [1.54, 1.807) is 44.4 Å². The number of amides is 1. The van der Waals surface area contributed by atoms with E-state index in [0.29, 0.717) is 29.9 Å². The molecule has 0 N–H and O–H groups in total. The number of methoxy groups -OCH3 is 1. The molecule has 7 nitrogen and oxygen atoms in total. The Hall–Kier alpha value is -3.13. The van der Waals surface area contributed by atoms with E-state index in [1.807, 2.05) is 30.3 Å². The molecule has 170 valence electrons. The summed E-state index contributed by atoms with van der Waals surface area (Å²) in [6.45, 7) is 1.68. The summed E-state index contributed by atoms with van der Waals surface area (Å²) in [6, 6.07) is 15.9. The van der Waals surface area contributed by atoms with Crippen molar-refractivity contribution in [3.8, 4) is 5.75 Å². The van der Waals surface area contributed by atoms with Crippen LogP contribution in [0.1, 0.15) is 24.5 Å². The zero-order valence-corrected chi connectivity index (χ0v) is 19.0. The molecule has 2 aromatic carbocycles. The van der Waals surface area contributed by atoms with E-state index < -0.39 is 28.3 Å². The average Bonchev–Trinajstić information content (AvgIpc) is 3.16. The highest BCUT2D eigenvalue weighted by Crippen LogP contribution is 2.23. The Kier molecular flexibility index (Phi) is 7.69. The van der Waals surface area contributed by atoms with Crippen molar-refractivity contribution in [3.63, 3.8) is 0 Å². The molecule has 3 rings (SSSR count). The number of esters is 1. The van der Waals surface area contributed by atoms with Gasteiger partial charge in [0.1, 0.15) is 5.75 Å². The van der Waals surface area contributed by atoms with Gasteiger partial charge in [-0.3, -0.25) is 4.79 Å². The van der Waals surface area contributed by atoms with Gasteiger partial charge >= 0.3 is 5.97 Å². The number of carbonyl (C=O) groups is 2. The number of hydrogen-bond acceptors (Lipinski definition) is 6. The van der Waals surface area contributed by atoms with Gasteiger partial charge in [0.25, 0.3) is 5.91 Å². The van der Waals surface area contributed by atoms with Crippen LogP contribution in [0.2, 0.25) is 0 Å². The summed E-state index contributed by atoms with van der Waals surface area (Å²) in [5.74, 6) is -0.368. The van der Waals surface area contributed by atoms with Crippen molar-refractivity contribution in [3.05, 3.63) is 65.7 Å². The van der Waals surface area contributed by atoms with Crippen LogP contribution in [0.25, 0.3) is 11.6 Å². The lowest BCUT2D eigenvalue weighted by Crippen LogP contribution is -2.43. The van der Waals surface area contributed by atoms with Crippen molar-refractivity contribution in [2.75, 3.05) is 31.8 Å². The molecular formula is C24H27NO6S. The fourth-order valence-corrected chi connectivity index (χ4v) is 5.45. The van der Waals surface area contributed by atoms with Crippen LogP contribution in [0.5, 0.6) is 5.75 Å². The number of rotatable bonds is 8. The molecule has 0 spiro atoms. The zero-order valence-electron chi connectivity index (χ0n) is 18.2. The fraction of sp³-hybridized carbons (Fsp3) is 0.333. The topological polar surface area (TPSA) is 90.0 Å². The molecule has 1 aliphatic heterocycles. The van der Waals surface area contributed by atoms with Gasteiger partial charge < -0.3 is 14.4 Å². The summed E-state index contributed by atoms with van der Waals surface area (Å²) in [5, 5.41) is 0. The van der Waals surface area contributed by atoms with Crippen LogP contribution < -0.4 is 4.74 Å². The van der Waals surface area contributed by atoms with Crippen LogP contribution in [0, 0.1) is 0 Å². The van der Waals surface area contributed by atoms with Crippen molar-refractivity contribution in [2.24, 2.45) is 0 Å². The van der Waals surface area contributed by atoms with Crippen molar-refractivity contribution in [1.82, 2.24) is 4.90 Å². The maximum Gasteiger partial charge on any atom is 0.339 e. The van der Waals surface area contributed by atoms with Crippen LogP contribution in [0.3, 0.4) is 0 Å². The third kappa shape index (κ3) is 5.97. The largest absolute Gasteiger partial charge is 0.497 e. The number of benzene rings is 2. The predicted octanol–water partition coefficient (Wildman–Crippen LogP) is 2.81. The Labute approximate surface area is 188 Å². The minimum atomic E-state index is -3.13. The van der Waals surface area contributed by atoms with Gasteiger partial charge in [-0.1, -0.05) is 42.5 Å². The normalized spacial score (nSPS) is 17.6. The van der Waals surface area contributed by atoms with Crippen molar-refractivity contribution in [1.29, 1.82) is 0 Å². The van der Waals surface area contributed by atoms with Crippen LogP contribution in [-0.2, 0) is 24.2 Å². The number of sulfone groups is 1. The Morgan fingerprint density at radius 1 is 1.12 bits per heavy atom. The number of carbonyl (C=O) groups excluding carboxylic acids is 2. The van der Waals surface area contributed by atoms with E-state index in [4.69, 9.17) is 9.47 Å². The quantitative estimate of drug-likeness (QED) is 0.344. The summed E-state index contributed by atoms with van der Waals surface area (Å²) >= 11 is 0. The highest BCUT2D eigenvalue weighted by atomic mass is 32.2. The van der Waals surface area contributed by atoms with Gasteiger partial charge in [-0.2, -0.15) is 0 Å². The molecule has 0 aromatic heterocycles. The highest BCUT2D eigenvalue weighted by molar-refractivity contribution is 7.91. The molecule has 1 fully saturated rings. The van der Waals surface area contributed by atoms with Gasteiger partial charge in [0.15, 0.2) is 16.4 Å². The van der Waals surface area contributed by atoms with E-state index in [2.05, 4.69) is 0 Å². The number of hydrogen-bond donors (Lipinski definition) is 0. The first-order valence-corrected chi connectivity index (χ1v) is 12.2. The van der Waals surface area contributed by atoms with Gasteiger partial charge in [-0.05, 0) is 42.7 Å². The predicted molar refractivity (Wildman–Crippen MR) is 123 cm³/mol. The lowest BCUT2D eigenvalue weighted by Gasteiger charge is -2.26. The molecule has 0 aliphatic carbocycles. The Bertz CT molecular complexity index is 1090. The van der Waals surface area contributed by atoms with Crippen LogP contribution in [0.4, 0.5) is 0 Å². The summed E-state index contributed by atoms with van der Waals surface area (Å²) < 4.78 is 34.2. The lowest BCUT2D eigenvalue weighted by molar-refractivity contribution is -0.148. The minimum Gasteiger partial charge on any atom is -0.497 e. The molecule has 2 aromatic rings. The molecule has 32 heavy (non-hydrogen) atoms. The second-order valence-electron chi connectivity index (χ2n) is 7.51. The molecule has 1 heterocycles. The molecular weight excluding hydrogens is 430 g/mol. The van der Waals surface area contributed by atoms with E-state index in [0.717, 1.165) is 5.56 Å². The molecule has 8 heteroatoms. The SMILES string of the molecule is CCN(C(=O)COC(=O)/C(=C\c1cccc(OC)c1)c1ccccc1)[C@H]1CCS(=O)(=O)C1. The third-order valence-corrected chi connectivity index (χ3v) is 7.10. The van der Waals surface area contributed by atoms with Crippen molar-refractivity contribution in [2.45, 2.75) is 19.4 Å². The second kappa shape index (κ2) is 10.5. The first-order valence-electron chi connectivity index (χ1n) is 10.4. The molecule has 1 atom stereocenters. The first-order chi connectivity index (χ1) is 15.3. The van der Waals surface area contributed by atoms with Gasteiger partial charge in [0.05, 0.1) is 24.2 Å². The average molecular weight is 458 g/mol. The van der Waals surface area contributed by atoms with Crippen molar-refractivity contribution >= 4 is 33.4 Å². The molecule has 0 bridgehead atoms. The maximum atomic E-state index is 13.0. The standard InChI is InChI=1S/C24H27NO6S/c1-3-25(20-12-13-32(28,29)17-20)23(26)16-31-24(27)22(19-9-5-4-6-10-19)15-18-8-7-11-21(14-18)30-2/h4-11,14-15,20H,3,12-13,16-17H2,1-2H3/b22-15-/t20-/m0/s1. The van der Waals surface area contributed by atoms with Gasteiger partial charge in [-0.15, -0.1) is 0 Å². The van der Waals surface area contributed by atoms with Gasteiger partial charge in [0, 0.05) is 12.6 Å². The van der Waals surface area contributed by atoms with Crippen LogP contribution in [-0.4, -0.2) is 63.0 Å². The van der Waals surface area contributed by atoms with Crippen molar-refractivity contribution < 1.29 is 27.5 Å². The lowest BCUT2D eigenvalue weighted by atomic mass is 10.0. The van der Waals surface area contributed by atoms with Crippen LogP contribution >= 0.6 is 0 Å². The van der Waals surface area contributed by atoms with E-state index >= 15 is 0 Å². The number of nitrogens with zero attached hydrogens (tertiary/aromatic N) is 1. The second-order valence-corrected chi connectivity index (χ2v) is 9.74. The Morgan fingerprint density at radius 2 is 1.88 bits per heavy atom. The molecule has 1 saturated heterocycles. The monoisotopic (exact) mass is 457 g/mol. The summed E-state index contributed by atoms with van der Waals surface area (Å²) in [6.07, 6.45) is 2.09. The number of ether oxygens (including phenoxy) is 2. The molecule has 0 radical (unpaired) electrons. The Balaban J connectivity index is 1.77. The smallest absolute Gasteiger partial charge is 0.339 e. The maximum absolute atomic E-state index is 13.0. The summed E-state index contributed by atoms with van der Waals surface area (Å²) in [4.78, 5) is 27.1. The molecule has 0 saturated carbocycles. The van der Waals surface area contributed by atoms with Gasteiger partial charge in [-0.25, -0.2) is 13.2 Å². The number of likely N-dealkylation sites (N-methyl/N-ethyl adjacent to an activating group) is 1. The Morgan fingerprint density at radius 3 is 2.50 bits per heavy atom. The minimum absolute atomic E-state index is 0.0501. The summed E-state index contributed by atoms with van der Waals surface area (Å²) in [7, 11) is -1.56. The molecule has 1 amide bonds. The fourth-order valence-electron chi connectivity index (χ4n) is 3.72. The zero-order chi connectivity index (χ0) is 23.1. The third-order valence-electron chi connectivity index (χ3n) is 5.35. The molecule has 1 aliphatic rings. The molecule has 0 unspecified atom stereocenters. The van der Waals surface area contributed by atoms with E-state index in [1.165, 1.54) is 4.90 Å². The van der Waals surface area contributed by atoms with E-state index in [9.17, 15) is 18.0 Å². The van der Waals surface area contributed by atoms with Crippen LogP contribution in [0.15, 0.2) is 54.6 Å². The van der Waals surface area contributed by atoms with Gasteiger partial charge in [0.2, 0.25) is 0 Å². The first kappa shape index (κ1) is 23.5. The van der Waals surface area contributed by atoms with E-state index in [-0.39, 0.29) is 17.5 Å².